The van der Waals surface area contributed by atoms with Gasteiger partial charge in [0, 0.05) is 35.4 Å². The van der Waals surface area contributed by atoms with Crippen LogP contribution in [0.2, 0.25) is 0 Å². The molecule has 0 heterocycles. The van der Waals surface area contributed by atoms with Gasteiger partial charge in [-0.3, -0.25) is 9.59 Å². The number of aryl methyl sites for hydroxylation is 2. The normalized spacial score (nSPS) is 10.8. The van der Waals surface area contributed by atoms with Crippen LogP contribution in [-0.4, -0.2) is 30.9 Å². The van der Waals surface area contributed by atoms with Crippen molar-refractivity contribution in [2.45, 2.75) is 34.6 Å². The molecule has 0 aliphatic heterocycles. The molecular weight excluding hydrogens is 380 g/mol. The summed E-state index contributed by atoms with van der Waals surface area (Å²) in [6.45, 7) is 10.0. The largest absolute Gasteiger partial charge is 0.350 e. The summed E-state index contributed by atoms with van der Waals surface area (Å²) < 4.78 is 0. The minimum absolute atomic E-state index is 0.0927. The summed E-state index contributed by atoms with van der Waals surface area (Å²) in [4.78, 5) is 36.2. The summed E-state index contributed by atoms with van der Waals surface area (Å²) in [5.74, 6) is -0.342. The maximum Gasteiger partial charge on any atom is 0.319 e. The van der Waals surface area contributed by atoms with E-state index in [1.165, 1.54) is 0 Å². The van der Waals surface area contributed by atoms with E-state index in [0.29, 0.717) is 24.3 Å². The maximum atomic E-state index is 12.2. The number of rotatable bonds is 6. The predicted octanol–water partition coefficient (Wildman–Crippen LogP) is 3.84. The van der Waals surface area contributed by atoms with Gasteiger partial charge in [-0.2, -0.15) is 0 Å². The number of anilines is 2. The molecule has 160 valence electrons. The fourth-order valence-corrected chi connectivity index (χ4v) is 2.60. The molecule has 0 aliphatic carbocycles. The van der Waals surface area contributed by atoms with Gasteiger partial charge in [0.15, 0.2) is 0 Å². The zero-order chi connectivity index (χ0) is 22.3. The Bertz CT molecular complexity index is 915. The van der Waals surface area contributed by atoms with Crippen LogP contribution in [0.3, 0.4) is 0 Å². The van der Waals surface area contributed by atoms with Crippen LogP contribution >= 0.6 is 0 Å². The van der Waals surface area contributed by atoms with E-state index in [-0.39, 0.29) is 17.8 Å². The fourth-order valence-electron chi connectivity index (χ4n) is 2.60. The lowest BCUT2D eigenvalue weighted by Gasteiger charge is -2.17. The SMILES string of the molecule is Cc1ccc(NC(=O)NCCNC(=O)c2ccc(NC(=O)C(C)(C)C)cc2)c(C)c1. The molecule has 0 unspecified atom stereocenters. The van der Waals surface area contributed by atoms with Crippen LogP contribution in [0.5, 0.6) is 0 Å². The molecule has 0 aliphatic rings. The molecule has 2 aromatic rings. The van der Waals surface area contributed by atoms with Crippen molar-refractivity contribution in [3.8, 4) is 0 Å². The smallest absolute Gasteiger partial charge is 0.319 e. The first kappa shape index (κ1) is 22.9. The highest BCUT2D eigenvalue weighted by Crippen LogP contribution is 2.18. The first-order valence-corrected chi connectivity index (χ1v) is 9.88. The summed E-state index contributed by atoms with van der Waals surface area (Å²) in [6.07, 6.45) is 0. The average Bonchev–Trinajstić information content (AvgIpc) is 2.67. The average molecular weight is 411 g/mol. The van der Waals surface area contributed by atoms with Gasteiger partial charge >= 0.3 is 6.03 Å². The van der Waals surface area contributed by atoms with Gasteiger partial charge in [-0.1, -0.05) is 38.5 Å². The highest BCUT2D eigenvalue weighted by molar-refractivity contribution is 5.97. The number of hydrogen-bond acceptors (Lipinski definition) is 3. The molecule has 0 saturated carbocycles. The molecule has 0 radical (unpaired) electrons. The molecule has 4 amide bonds. The maximum absolute atomic E-state index is 12.2. The number of carbonyl (C=O) groups is 3. The van der Waals surface area contributed by atoms with Crippen LogP contribution < -0.4 is 21.3 Å². The standard InChI is InChI=1S/C23H30N4O3/c1-15-6-11-19(16(2)14-15)27-22(30)25-13-12-24-20(28)17-7-9-18(10-8-17)26-21(29)23(3,4)5/h6-11,14H,12-13H2,1-5H3,(H,24,28)(H,26,29)(H2,25,27,30). The minimum atomic E-state index is -0.493. The van der Waals surface area contributed by atoms with Crippen molar-refractivity contribution < 1.29 is 14.4 Å². The quantitative estimate of drug-likeness (QED) is 0.545. The summed E-state index contributed by atoms with van der Waals surface area (Å²) in [5.41, 5.74) is 3.49. The van der Waals surface area contributed by atoms with E-state index < -0.39 is 5.41 Å². The topological polar surface area (TPSA) is 99.3 Å². The molecule has 0 atom stereocenters. The van der Waals surface area contributed by atoms with Crippen molar-refractivity contribution in [1.29, 1.82) is 0 Å². The van der Waals surface area contributed by atoms with Crippen molar-refractivity contribution in [3.63, 3.8) is 0 Å². The Balaban J connectivity index is 1.75. The summed E-state index contributed by atoms with van der Waals surface area (Å²) in [5, 5.41) is 11.1. The van der Waals surface area contributed by atoms with Crippen LogP contribution in [0.25, 0.3) is 0 Å². The number of hydrogen-bond donors (Lipinski definition) is 4. The van der Waals surface area contributed by atoms with Gasteiger partial charge in [0.05, 0.1) is 0 Å². The van der Waals surface area contributed by atoms with Crippen LogP contribution in [0, 0.1) is 19.3 Å². The van der Waals surface area contributed by atoms with Gasteiger partial charge in [0.1, 0.15) is 0 Å². The zero-order valence-corrected chi connectivity index (χ0v) is 18.2. The molecule has 0 spiro atoms. The molecule has 30 heavy (non-hydrogen) atoms. The van der Waals surface area contributed by atoms with E-state index in [9.17, 15) is 14.4 Å². The van der Waals surface area contributed by atoms with Gasteiger partial charge < -0.3 is 21.3 Å². The highest BCUT2D eigenvalue weighted by Gasteiger charge is 2.21. The Kier molecular flexibility index (Phi) is 7.58. The van der Waals surface area contributed by atoms with Crippen molar-refractivity contribution in [2.75, 3.05) is 23.7 Å². The Labute approximate surface area is 177 Å². The highest BCUT2D eigenvalue weighted by atomic mass is 16.2. The number of urea groups is 1. The summed E-state index contributed by atoms with van der Waals surface area (Å²) >= 11 is 0. The van der Waals surface area contributed by atoms with Gasteiger partial charge in [0.2, 0.25) is 5.91 Å². The lowest BCUT2D eigenvalue weighted by Crippen LogP contribution is -2.36. The first-order chi connectivity index (χ1) is 14.1. The molecule has 2 aromatic carbocycles. The first-order valence-electron chi connectivity index (χ1n) is 9.88. The molecule has 4 N–H and O–H groups in total. The minimum Gasteiger partial charge on any atom is -0.350 e. The van der Waals surface area contributed by atoms with Gasteiger partial charge in [-0.05, 0) is 49.7 Å². The monoisotopic (exact) mass is 410 g/mol. The second kappa shape index (κ2) is 9.91. The molecular formula is C23H30N4O3. The van der Waals surface area contributed by atoms with Crippen LogP contribution in [0.4, 0.5) is 16.2 Å². The molecule has 0 bridgehead atoms. The van der Waals surface area contributed by atoms with E-state index in [1.54, 1.807) is 24.3 Å². The van der Waals surface area contributed by atoms with Crippen molar-refractivity contribution >= 4 is 29.2 Å². The van der Waals surface area contributed by atoms with Gasteiger partial charge in [-0.25, -0.2) is 4.79 Å². The third-order valence-electron chi connectivity index (χ3n) is 4.41. The molecule has 0 fully saturated rings. The van der Waals surface area contributed by atoms with Crippen molar-refractivity contribution in [3.05, 3.63) is 59.2 Å². The van der Waals surface area contributed by atoms with Crippen LogP contribution in [-0.2, 0) is 4.79 Å². The second-order valence-electron chi connectivity index (χ2n) is 8.24. The molecule has 2 rings (SSSR count). The Morgan fingerprint density at radius 2 is 1.47 bits per heavy atom. The third kappa shape index (κ3) is 6.92. The number of carbonyl (C=O) groups excluding carboxylic acids is 3. The second-order valence-corrected chi connectivity index (χ2v) is 8.24. The van der Waals surface area contributed by atoms with Gasteiger partial charge in [-0.15, -0.1) is 0 Å². The molecule has 0 saturated heterocycles. The lowest BCUT2D eigenvalue weighted by molar-refractivity contribution is -0.123. The van der Waals surface area contributed by atoms with Crippen molar-refractivity contribution in [2.24, 2.45) is 5.41 Å². The summed E-state index contributed by atoms with van der Waals surface area (Å²) in [6, 6.07) is 12.1. The molecule has 7 nitrogen and oxygen atoms in total. The van der Waals surface area contributed by atoms with E-state index in [0.717, 1.165) is 16.8 Å². The van der Waals surface area contributed by atoms with Crippen LogP contribution in [0.1, 0.15) is 42.3 Å². The molecule has 0 aromatic heterocycles. The van der Waals surface area contributed by atoms with E-state index in [2.05, 4.69) is 21.3 Å². The fraction of sp³-hybridized carbons (Fsp3) is 0.348. The lowest BCUT2D eigenvalue weighted by atomic mass is 9.95. The van der Waals surface area contributed by atoms with E-state index >= 15 is 0 Å². The zero-order valence-electron chi connectivity index (χ0n) is 18.2. The molecule has 7 heteroatoms. The van der Waals surface area contributed by atoms with Crippen LogP contribution in [0.15, 0.2) is 42.5 Å². The number of nitrogens with one attached hydrogen (secondary N) is 4. The van der Waals surface area contributed by atoms with Gasteiger partial charge in [0.25, 0.3) is 5.91 Å². The Morgan fingerprint density at radius 3 is 2.07 bits per heavy atom. The summed E-state index contributed by atoms with van der Waals surface area (Å²) in [7, 11) is 0. The van der Waals surface area contributed by atoms with E-state index in [4.69, 9.17) is 0 Å². The van der Waals surface area contributed by atoms with E-state index in [1.807, 2.05) is 52.8 Å². The number of amides is 4. The Morgan fingerprint density at radius 1 is 0.833 bits per heavy atom. The predicted molar refractivity (Wildman–Crippen MR) is 120 cm³/mol. The third-order valence-corrected chi connectivity index (χ3v) is 4.41. The Hall–Kier alpha value is -3.35. The number of benzene rings is 2. The van der Waals surface area contributed by atoms with Crippen molar-refractivity contribution in [1.82, 2.24) is 10.6 Å².